The number of hydrogen-bond acceptors (Lipinski definition) is 2. The third-order valence-corrected chi connectivity index (χ3v) is 3.18. The molecule has 4 heteroatoms. The molecular weight excluding hydrogens is 230 g/mol. The van der Waals surface area contributed by atoms with Gasteiger partial charge in [0.15, 0.2) is 0 Å². The topological polar surface area (TPSA) is 29.9 Å². The van der Waals surface area contributed by atoms with Crippen LogP contribution in [0.15, 0.2) is 17.1 Å². The summed E-state index contributed by atoms with van der Waals surface area (Å²) in [6.45, 7) is 3.40. The molecule has 13 heavy (non-hydrogen) atoms. The van der Waals surface area contributed by atoms with E-state index in [4.69, 9.17) is 0 Å². The smallest absolute Gasteiger partial charge is 0.104 e. The van der Waals surface area contributed by atoms with Gasteiger partial charge in [0.05, 0.1) is 12.5 Å². The van der Waals surface area contributed by atoms with Crippen molar-refractivity contribution in [1.82, 2.24) is 14.9 Å². The third-order valence-electron chi connectivity index (χ3n) is 2.52. The SMILES string of the molecule is Brc1cncn1CC1CCCNC1. The van der Waals surface area contributed by atoms with Crippen molar-refractivity contribution in [3.8, 4) is 0 Å². The van der Waals surface area contributed by atoms with Crippen LogP contribution in [0.25, 0.3) is 0 Å². The summed E-state index contributed by atoms with van der Waals surface area (Å²) < 4.78 is 3.25. The Morgan fingerprint density at radius 2 is 2.62 bits per heavy atom. The molecule has 1 fully saturated rings. The van der Waals surface area contributed by atoms with E-state index in [1.54, 1.807) is 0 Å². The summed E-state index contributed by atoms with van der Waals surface area (Å²) in [4.78, 5) is 4.08. The fourth-order valence-corrected chi connectivity index (χ4v) is 2.15. The van der Waals surface area contributed by atoms with Crippen molar-refractivity contribution in [3.05, 3.63) is 17.1 Å². The van der Waals surface area contributed by atoms with Gasteiger partial charge in [-0.15, -0.1) is 0 Å². The van der Waals surface area contributed by atoms with Gasteiger partial charge in [-0.25, -0.2) is 4.98 Å². The minimum Gasteiger partial charge on any atom is -0.325 e. The molecule has 0 aromatic carbocycles. The summed E-state index contributed by atoms with van der Waals surface area (Å²) in [6, 6.07) is 0. The first-order valence-electron chi connectivity index (χ1n) is 4.72. The predicted octanol–water partition coefficient (Wildman–Crippen LogP) is 1.65. The number of piperidine rings is 1. The van der Waals surface area contributed by atoms with E-state index in [9.17, 15) is 0 Å². The van der Waals surface area contributed by atoms with E-state index in [2.05, 4.69) is 30.8 Å². The largest absolute Gasteiger partial charge is 0.325 e. The summed E-state index contributed by atoms with van der Waals surface area (Å²) in [6.07, 6.45) is 6.36. The average Bonchev–Trinajstić information content (AvgIpc) is 2.54. The monoisotopic (exact) mass is 243 g/mol. The highest BCUT2D eigenvalue weighted by atomic mass is 79.9. The standard InChI is InChI=1S/C9H14BrN3/c10-9-5-12-7-13(9)6-8-2-1-3-11-4-8/h5,7-8,11H,1-4,6H2. The molecule has 1 unspecified atom stereocenters. The number of nitrogens with one attached hydrogen (secondary N) is 1. The van der Waals surface area contributed by atoms with E-state index >= 15 is 0 Å². The second-order valence-electron chi connectivity index (χ2n) is 3.58. The zero-order valence-electron chi connectivity index (χ0n) is 7.54. The Morgan fingerprint density at radius 1 is 1.69 bits per heavy atom. The van der Waals surface area contributed by atoms with Gasteiger partial charge in [-0.2, -0.15) is 0 Å². The molecule has 72 valence electrons. The molecule has 2 rings (SSSR count). The highest BCUT2D eigenvalue weighted by molar-refractivity contribution is 9.10. The zero-order chi connectivity index (χ0) is 9.10. The molecule has 1 atom stereocenters. The minimum atomic E-state index is 0.763. The van der Waals surface area contributed by atoms with Crippen LogP contribution in [0.3, 0.4) is 0 Å². The molecule has 0 spiro atoms. The summed E-state index contributed by atoms with van der Waals surface area (Å²) in [5, 5.41) is 3.42. The first-order chi connectivity index (χ1) is 6.36. The molecule has 2 heterocycles. The Bertz CT molecular complexity index is 266. The number of halogens is 1. The van der Waals surface area contributed by atoms with Crippen molar-refractivity contribution >= 4 is 15.9 Å². The van der Waals surface area contributed by atoms with E-state index in [1.807, 2.05) is 12.5 Å². The summed E-state index contributed by atoms with van der Waals surface area (Å²) in [5.74, 6) is 0.763. The molecule has 1 aliphatic heterocycles. The Morgan fingerprint density at radius 3 is 3.23 bits per heavy atom. The van der Waals surface area contributed by atoms with Crippen LogP contribution in [0.4, 0.5) is 0 Å². The van der Waals surface area contributed by atoms with Crippen LogP contribution in [0, 0.1) is 5.92 Å². The number of nitrogens with zero attached hydrogens (tertiary/aromatic N) is 2. The third kappa shape index (κ3) is 2.31. The first-order valence-corrected chi connectivity index (χ1v) is 5.52. The molecule has 0 bridgehead atoms. The Hall–Kier alpha value is -0.350. The van der Waals surface area contributed by atoms with Crippen molar-refractivity contribution in [3.63, 3.8) is 0 Å². The summed E-state index contributed by atoms with van der Waals surface area (Å²) >= 11 is 3.47. The number of aromatic nitrogens is 2. The number of imidazole rings is 1. The van der Waals surface area contributed by atoms with Crippen LogP contribution in [0.5, 0.6) is 0 Å². The van der Waals surface area contributed by atoms with Crippen molar-refractivity contribution in [2.24, 2.45) is 5.92 Å². The van der Waals surface area contributed by atoms with Crippen molar-refractivity contribution in [2.45, 2.75) is 19.4 Å². The van der Waals surface area contributed by atoms with Crippen molar-refractivity contribution in [1.29, 1.82) is 0 Å². The maximum absolute atomic E-state index is 4.08. The zero-order valence-corrected chi connectivity index (χ0v) is 9.13. The highest BCUT2D eigenvalue weighted by Crippen LogP contribution is 2.16. The molecule has 0 radical (unpaired) electrons. The lowest BCUT2D eigenvalue weighted by atomic mass is 10.00. The van der Waals surface area contributed by atoms with Gasteiger partial charge in [-0.3, -0.25) is 0 Å². The Balaban J connectivity index is 1.93. The number of rotatable bonds is 2. The van der Waals surface area contributed by atoms with Gasteiger partial charge in [0.1, 0.15) is 4.60 Å². The van der Waals surface area contributed by atoms with Crippen LogP contribution in [-0.2, 0) is 6.54 Å². The normalized spacial score (nSPS) is 23.3. The van der Waals surface area contributed by atoms with Crippen LogP contribution in [-0.4, -0.2) is 22.6 Å². The fraction of sp³-hybridized carbons (Fsp3) is 0.667. The second kappa shape index (κ2) is 4.24. The molecule has 0 saturated carbocycles. The Labute approximate surface area is 86.7 Å². The molecule has 1 saturated heterocycles. The van der Waals surface area contributed by atoms with E-state index < -0.39 is 0 Å². The molecule has 0 aliphatic carbocycles. The second-order valence-corrected chi connectivity index (χ2v) is 4.39. The first kappa shape index (κ1) is 9.21. The average molecular weight is 244 g/mol. The van der Waals surface area contributed by atoms with Crippen molar-refractivity contribution < 1.29 is 0 Å². The van der Waals surface area contributed by atoms with E-state index in [0.29, 0.717) is 0 Å². The lowest BCUT2D eigenvalue weighted by Gasteiger charge is -2.23. The van der Waals surface area contributed by atoms with Crippen LogP contribution >= 0.6 is 15.9 Å². The highest BCUT2D eigenvalue weighted by Gasteiger charge is 2.13. The number of hydrogen-bond donors (Lipinski definition) is 1. The molecule has 1 aromatic heterocycles. The molecular formula is C9H14BrN3. The van der Waals surface area contributed by atoms with Crippen molar-refractivity contribution in [2.75, 3.05) is 13.1 Å². The molecule has 1 N–H and O–H groups in total. The minimum absolute atomic E-state index is 0.763. The summed E-state index contributed by atoms with van der Waals surface area (Å²) in [5.41, 5.74) is 0. The summed E-state index contributed by atoms with van der Waals surface area (Å²) in [7, 11) is 0. The quantitative estimate of drug-likeness (QED) is 0.857. The lowest BCUT2D eigenvalue weighted by Crippen LogP contribution is -2.32. The van der Waals surface area contributed by atoms with E-state index in [1.165, 1.54) is 19.4 Å². The van der Waals surface area contributed by atoms with Gasteiger partial charge in [-0.1, -0.05) is 0 Å². The van der Waals surface area contributed by atoms with E-state index in [-0.39, 0.29) is 0 Å². The van der Waals surface area contributed by atoms with Gasteiger partial charge in [-0.05, 0) is 47.8 Å². The van der Waals surface area contributed by atoms with E-state index in [0.717, 1.165) is 23.6 Å². The lowest BCUT2D eigenvalue weighted by molar-refractivity contribution is 0.335. The maximum Gasteiger partial charge on any atom is 0.104 e. The van der Waals surface area contributed by atoms with Crippen LogP contribution in [0.1, 0.15) is 12.8 Å². The molecule has 1 aliphatic rings. The molecule has 1 aromatic rings. The Kier molecular flexibility index (Phi) is 3.01. The van der Waals surface area contributed by atoms with Gasteiger partial charge in [0.25, 0.3) is 0 Å². The van der Waals surface area contributed by atoms with Gasteiger partial charge < -0.3 is 9.88 Å². The van der Waals surface area contributed by atoms with Gasteiger partial charge in [0, 0.05) is 6.54 Å². The van der Waals surface area contributed by atoms with Gasteiger partial charge in [0.2, 0.25) is 0 Å². The van der Waals surface area contributed by atoms with Crippen LogP contribution in [0.2, 0.25) is 0 Å². The van der Waals surface area contributed by atoms with Gasteiger partial charge >= 0.3 is 0 Å². The molecule has 0 amide bonds. The van der Waals surface area contributed by atoms with Crippen LogP contribution < -0.4 is 5.32 Å². The predicted molar refractivity (Wildman–Crippen MR) is 55.5 cm³/mol. The molecule has 3 nitrogen and oxygen atoms in total. The maximum atomic E-state index is 4.08. The fourth-order valence-electron chi connectivity index (χ4n) is 1.80.